The average Bonchev–Trinajstić information content (AvgIpc) is 3.06. The summed E-state index contributed by atoms with van der Waals surface area (Å²) in [6.45, 7) is 9.92. The van der Waals surface area contributed by atoms with E-state index in [-0.39, 0.29) is 5.91 Å². The lowest BCUT2D eigenvalue weighted by Gasteiger charge is -2.16. The van der Waals surface area contributed by atoms with Gasteiger partial charge in [0.1, 0.15) is 0 Å². The molecule has 0 radical (unpaired) electrons. The molecule has 6 nitrogen and oxygen atoms in total. The number of ether oxygens (including phenoxy) is 3. The normalized spacial score (nSPS) is 11.7. The van der Waals surface area contributed by atoms with Crippen molar-refractivity contribution in [1.29, 1.82) is 0 Å². The van der Waals surface area contributed by atoms with Crippen LogP contribution in [0.5, 0.6) is 17.2 Å². The minimum Gasteiger partial charge on any atom is -0.490 e. The smallest absolute Gasteiger partial charge is 0.279 e. The molecule has 0 aliphatic heterocycles. The molecule has 0 spiro atoms. The van der Waals surface area contributed by atoms with E-state index in [0.29, 0.717) is 47.4 Å². The van der Waals surface area contributed by atoms with Crippen LogP contribution in [0.3, 0.4) is 0 Å². The highest BCUT2D eigenvalue weighted by Crippen LogP contribution is 2.39. The monoisotopic (exact) mass is 506 g/mol. The topological polar surface area (TPSA) is 62.1 Å². The van der Waals surface area contributed by atoms with Gasteiger partial charge in [-0.05, 0) is 57.5 Å². The number of aromatic nitrogens is 1. The minimum atomic E-state index is -0.347. The van der Waals surface area contributed by atoms with Crippen molar-refractivity contribution in [1.82, 2.24) is 4.57 Å². The van der Waals surface area contributed by atoms with Crippen LogP contribution in [0.4, 0.5) is 0 Å². The lowest BCUT2D eigenvalue weighted by molar-refractivity contribution is 0.0996. The van der Waals surface area contributed by atoms with Gasteiger partial charge >= 0.3 is 0 Å². The Labute approximate surface area is 194 Å². The van der Waals surface area contributed by atoms with Crippen molar-refractivity contribution in [3.63, 3.8) is 0 Å². The van der Waals surface area contributed by atoms with Gasteiger partial charge in [0.15, 0.2) is 16.3 Å². The van der Waals surface area contributed by atoms with Crippen molar-refractivity contribution in [2.24, 2.45) is 4.99 Å². The number of carbonyl (C=O) groups excluding carboxylic acids is 1. The predicted octanol–water partition coefficient (Wildman–Crippen LogP) is 5.81. The zero-order valence-electron chi connectivity index (χ0n) is 18.2. The van der Waals surface area contributed by atoms with Gasteiger partial charge in [-0.25, -0.2) is 0 Å². The fourth-order valence-corrected chi connectivity index (χ4v) is 4.84. The Kier molecular flexibility index (Phi) is 8.15. The Hall–Kier alpha value is -2.32. The van der Waals surface area contributed by atoms with E-state index < -0.39 is 0 Å². The third kappa shape index (κ3) is 5.30. The summed E-state index contributed by atoms with van der Waals surface area (Å²) in [6, 6.07) is 9.45. The van der Waals surface area contributed by atoms with Gasteiger partial charge in [-0.3, -0.25) is 4.79 Å². The maximum absolute atomic E-state index is 13.2. The Morgan fingerprint density at radius 3 is 2.23 bits per heavy atom. The van der Waals surface area contributed by atoms with Crippen LogP contribution >= 0.6 is 27.3 Å². The number of carbonyl (C=O) groups is 1. The number of rotatable bonds is 9. The molecule has 0 unspecified atom stereocenters. The van der Waals surface area contributed by atoms with Gasteiger partial charge in [0, 0.05) is 16.6 Å². The second-order valence-corrected chi connectivity index (χ2v) is 8.59. The van der Waals surface area contributed by atoms with Gasteiger partial charge in [0.2, 0.25) is 5.75 Å². The summed E-state index contributed by atoms with van der Waals surface area (Å²) in [5.74, 6) is 1.13. The first kappa shape index (κ1) is 23.3. The van der Waals surface area contributed by atoms with Crippen LogP contribution in [-0.2, 0) is 6.54 Å². The molecule has 0 N–H and O–H groups in total. The molecule has 1 heterocycles. The van der Waals surface area contributed by atoms with Crippen LogP contribution in [0.15, 0.2) is 39.8 Å². The number of fused-ring (bicyclic) bond motifs is 1. The van der Waals surface area contributed by atoms with E-state index in [0.717, 1.165) is 27.7 Å². The van der Waals surface area contributed by atoms with Gasteiger partial charge in [-0.2, -0.15) is 4.99 Å². The van der Waals surface area contributed by atoms with Gasteiger partial charge in [0.25, 0.3) is 5.91 Å². The Morgan fingerprint density at radius 2 is 1.65 bits per heavy atom. The first-order valence-corrected chi connectivity index (χ1v) is 12.1. The fourth-order valence-electron chi connectivity index (χ4n) is 3.24. The maximum Gasteiger partial charge on any atom is 0.279 e. The van der Waals surface area contributed by atoms with Gasteiger partial charge in [-0.15, -0.1) is 0 Å². The van der Waals surface area contributed by atoms with Crippen molar-refractivity contribution in [2.45, 2.75) is 40.7 Å². The molecule has 0 bridgehead atoms. The van der Waals surface area contributed by atoms with Crippen LogP contribution in [-0.4, -0.2) is 30.3 Å². The summed E-state index contributed by atoms with van der Waals surface area (Å²) in [5, 5.41) is 0. The van der Waals surface area contributed by atoms with Crippen molar-refractivity contribution in [3.05, 3.63) is 45.2 Å². The number of hydrogen-bond acceptors (Lipinski definition) is 5. The third-order valence-corrected chi connectivity index (χ3v) is 5.98. The van der Waals surface area contributed by atoms with Gasteiger partial charge in [-0.1, -0.05) is 34.2 Å². The van der Waals surface area contributed by atoms with Crippen molar-refractivity contribution in [3.8, 4) is 17.2 Å². The van der Waals surface area contributed by atoms with E-state index in [1.165, 1.54) is 11.3 Å². The number of thiazole rings is 1. The minimum absolute atomic E-state index is 0.347. The van der Waals surface area contributed by atoms with Crippen molar-refractivity contribution < 1.29 is 19.0 Å². The summed E-state index contributed by atoms with van der Waals surface area (Å²) in [5.41, 5.74) is 1.47. The Balaban J connectivity index is 2.12. The summed E-state index contributed by atoms with van der Waals surface area (Å²) < 4.78 is 21.4. The van der Waals surface area contributed by atoms with Gasteiger partial charge in [0.05, 0.1) is 30.0 Å². The molecule has 2 aromatic carbocycles. The number of amides is 1. The standard InChI is InChI=1S/C23H27BrN2O4S/c1-5-11-26-17-10-9-16(24)14-20(17)31-23(26)25-22(27)15-12-18(28-6-2)21(30-8-4)19(13-15)29-7-3/h9-10,12-14H,5-8,11H2,1-4H3. The molecule has 31 heavy (non-hydrogen) atoms. The Morgan fingerprint density at radius 1 is 1.00 bits per heavy atom. The third-order valence-electron chi connectivity index (χ3n) is 4.45. The van der Waals surface area contributed by atoms with E-state index >= 15 is 0 Å². The lowest BCUT2D eigenvalue weighted by atomic mass is 10.1. The zero-order valence-corrected chi connectivity index (χ0v) is 20.6. The highest BCUT2D eigenvalue weighted by atomic mass is 79.9. The van der Waals surface area contributed by atoms with E-state index in [9.17, 15) is 4.79 Å². The molecule has 8 heteroatoms. The molecule has 0 saturated heterocycles. The van der Waals surface area contributed by atoms with Crippen LogP contribution < -0.4 is 19.0 Å². The van der Waals surface area contributed by atoms with E-state index in [1.54, 1.807) is 12.1 Å². The highest BCUT2D eigenvalue weighted by Gasteiger charge is 2.18. The Bertz CT molecular complexity index is 1110. The average molecular weight is 507 g/mol. The molecule has 0 saturated carbocycles. The lowest BCUT2D eigenvalue weighted by Crippen LogP contribution is -2.17. The number of hydrogen-bond donors (Lipinski definition) is 0. The van der Waals surface area contributed by atoms with Crippen LogP contribution in [0.25, 0.3) is 10.2 Å². The predicted molar refractivity (Wildman–Crippen MR) is 128 cm³/mol. The van der Waals surface area contributed by atoms with E-state index in [1.807, 2.05) is 39.0 Å². The summed E-state index contributed by atoms with van der Waals surface area (Å²) in [4.78, 5) is 18.3. The first-order chi connectivity index (χ1) is 15.0. The number of aryl methyl sites for hydroxylation is 1. The summed E-state index contributed by atoms with van der Waals surface area (Å²) in [6.07, 6.45) is 0.940. The van der Waals surface area contributed by atoms with Gasteiger partial charge < -0.3 is 18.8 Å². The quantitative estimate of drug-likeness (QED) is 0.367. The summed E-state index contributed by atoms with van der Waals surface area (Å²) in [7, 11) is 0. The molecule has 0 fully saturated rings. The van der Waals surface area contributed by atoms with Crippen molar-refractivity contribution in [2.75, 3.05) is 19.8 Å². The second kappa shape index (κ2) is 10.8. The van der Waals surface area contributed by atoms with E-state index in [4.69, 9.17) is 14.2 Å². The number of nitrogens with zero attached hydrogens (tertiary/aromatic N) is 2. The SMILES string of the molecule is CCCn1c(=NC(=O)c2cc(OCC)c(OCC)c(OCC)c2)sc2cc(Br)ccc21. The first-order valence-electron chi connectivity index (χ1n) is 10.5. The fraction of sp³-hybridized carbons (Fsp3) is 0.391. The molecule has 0 aliphatic rings. The van der Waals surface area contributed by atoms with Crippen molar-refractivity contribution >= 4 is 43.4 Å². The molecule has 0 aliphatic carbocycles. The number of benzene rings is 2. The largest absolute Gasteiger partial charge is 0.490 e. The molecule has 166 valence electrons. The number of halogens is 1. The maximum atomic E-state index is 13.2. The molecule has 1 amide bonds. The van der Waals surface area contributed by atoms with Crippen LogP contribution in [0.2, 0.25) is 0 Å². The van der Waals surface area contributed by atoms with E-state index in [2.05, 4.69) is 32.4 Å². The molecule has 0 atom stereocenters. The molecule has 3 aromatic rings. The molecular weight excluding hydrogens is 480 g/mol. The molecule has 1 aromatic heterocycles. The summed E-state index contributed by atoms with van der Waals surface area (Å²) >= 11 is 5.02. The second-order valence-electron chi connectivity index (χ2n) is 6.67. The van der Waals surface area contributed by atoms with Crippen LogP contribution in [0.1, 0.15) is 44.5 Å². The molecule has 3 rings (SSSR count). The zero-order chi connectivity index (χ0) is 22.4. The van der Waals surface area contributed by atoms with Crippen LogP contribution in [0, 0.1) is 0 Å². The molecular formula is C23H27BrN2O4S. The highest BCUT2D eigenvalue weighted by molar-refractivity contribution is 9.10.